The quantitative estimate of drug-likeness (QED) is 0.611. The molecule has 0 unspecified atom stereocenters. The number of aromatic nitrogens is 2. The summed E-state index contributed by atoms with van der Waals surface area (Å²) in [6.07, 6.45) is 1.30. The number of hydrogen-bond acceptors (Lipinski definition) is 7. The van der Waals surface area contributed by atoms with Crippen LogP contribution in [0.1, 0.15) is 24.2 Å². The van der Waals surface area contributed by atoms with Crippen molar-refractivity contribution < 1.29 is 19.1 Å². The zero-order chi connectivity index (χ0) is 20.1. The number of thiophene rings is 1. The van der Waals surface area contributed by atoms with E-state index in [0.717, 1.165) is 0 Å². The lowest BCUT2D eigenvalue weighted by Crippen LogP contribution is -2.28. The van der Waals surface area contributed by atoms with Crippen LogP contribution in [0, 0.1) is 0 Å². The Balaban J connectivity index is 1.79. The Morgan fingerprint density at radius 2 is 1.93 bits per heavy atom. The Bertz CT molecular complexity index is 1060. The van der Waals surface area contributed by atoms with E-state index >= 15 is 0 Å². The van der Waals surface area contributed by atoms with Crippen molar-refractivity contribution in [3.05, 3.63) is 51.9 Å². The van der Waals surface area contributed by atoms with Crippen LogP contribution in [0.5, 0.6) is 5.75 Å². The molecule has 0 saturated heterocycles. The first-order valence-electron chi connectivity index (χ1n) is 8.70. The molecule has 0 spiro atoms. The van der Waals surface area contributed by atoms with Gasteiger partial charge in [-0.05, 0) is 38.1 Å². The number of hydrogen-bond donors (Lipinski definition) is 1. The smallest absolute Gasteiger partial charge is 0.339 e. The molecule has 1 aromatic carbocycles. The highest BCUT2D eigenvalue weighted by molar-refractivity contribution is 7.17. The maximum absolute atomic E-state index is 12.7. The van der Waals surface area contributed by atoms with Gasteiger partial charge in [0.25, 0.3) is 5.56 Å². The van der Waals surface area contributed by atoms with E-state index in [-0.39, 0.29) is 30.0 Å². The van der Waals surface area contributed by atoms with Gasteiger partial charge < -0.3 is 14.8 Å². The lowest BCUT2D eigenvalue weighted by atomic mass is 10.2. The monoisotopic (exact) mass is 401 g/mol. The Labute approximate surface area is 164 Å². The summed E-state index contributed by atoms with van der Waals surface area (Å²) in [6, 6.07) is 6.92. The van der Waals surface area contributed by atoms with Gasteiger partial charge in [0.2, 0.25) is 5.91 Å². The molecule has 0 aliphatic rings. The fourth-order valence-corrected chi connectivity index (χ4v) is 3.46. The summed E-state index contributed by atoms with van der Waals surface area (Å²) in [6.45, 7) is 4.11. The lowest BCUT2D eigenvalue weighted by Gasteiger charge is -2.09. The molecule has 0 aliphatic carbocycles. The zero-order valence-electron chi connectivity index (χ0n) is 15.4. The van der Waals surface area contributed by atoms with Gasteiger partial charge in [-0.1, -0.05) is 0 Å². The first-order valence-corrected chi connectivity index (χ1v) is 9.58. The van der Waals surface area contributed by atoms with Gasteiger partial charge in [-0.3, -0.25) is 14.2 Å². The minimum atomic E-state index is -0.579. The predicted octanol–water partition coefficient (Wildman–Crippen LogP) is 2.67. The van der Waals surface area contributed by atoms with Crippen molar-refractivity contribution in [3.8, 4) is 5.75 Å². The first kappa shape index (κ1) is 19.6. The minimum absolute atomic E-state index is 0.166. The van der Waals surface area contributed by atoms with Crippen LogP contribution in [-0.2, 0) is 16.1 Å². The number of carbonyl (C=O) groups excluding carboxylic acids is 2. The predicted molar refractivity (Wildman–Crippen MR) is 106 cm³/mol. The second kappa shape index (κ2) is 8.66. The second-order valence-electron chi connectivity index (χ2n) is 5.73. The zero-order valence-corrected chi connectivity index (χ0v) is 16.2. The summed E-state index contributed by atoms with van der Waals surface area (Å²) < 4.78 is 11.5. The van der Waals surface area contributed by atoms with E-state index in [2.05, 4.69) is 10.3 Å². The van der Waals surface area contributed by atoms with Crippen molar-refractivity contribution in [3.63, 3.8) is 0 Å². The molecular formula is C19H19N3O5S. The van der Waals surface area contributed by atoms with Crippen LogP contribution in [0.25, 0.3) is 10.2 Å². The highest BCUT2D eigenvalue weighted by Crippen LogP contribution is 2.21. The lowest BCUT2D eigenvalue weighted by molar-refractivity contribution is -0.116. The number of fused-ring (bicyclic) bond motifs is 1. The molecule has 0 atom stereocenters. The van der Waals surface area contributed by atoms with Gasteiger partial charge in [0.1, 0.15) is 17.1 Å². The average Bonchev–Trinajstić information content (AvgIpc) is 3.11. The van der Waals surface area contributed by atoms with E-state index in [1.165, 1.54) is 22.2 Å². The summed E-state index contributed by atoms with van der Waals surface area (Å²) in [5, 5.41) is 4.43. The van der Waals surface area contributed by atoms with E-state index in [9.17, 15) is 14.4 Å². The van der Waals surface area contributed by atoms with Crippen LogP contribution in [0.4, 0.5) is 5.69 Å². The molecule has 9 heteroatoms. The number of amides is 1. The number of esters is 1. The molecule has 2 heterocycles. The second-order valence-corrected chi connectivity index (χ2v) is 6.59. The average molecular weight is 401 g/mol. The third kappa shape index (κ3) is 4.20. The highest BCUT2D eigenvalue weighted by atomic mass is 32.1. The summed E-state index contributed by atoms with van der Waals surface area (Å²) in [7, 11) is 0. The van der Waals surface area contributed by atoms with Gasteiger partial charge in [-0.25, -0.2) is 9.78 Å². The summed E-state index contributed by atoms with van der Waals surface area (Å²) >= 11 is 1.18. The molecule has 0 radical (unpaired) electrons. The Morgan fingerprint density at radius 1 is 1.18 bits per heavy atom. The van der Waals surface area contributed by atoms with Gasteiger partial charge in [0.05, 0.1) is 30.5 Å². The third-order valence-corrected chi connectivity index (χ3v) is 4.71. The van der Waals surface area contributed by atoms with Crippen LogP contribution in [0.2, 0.25) is 0 Å². The molecule has 0 aliphatic heterocycles. The molecule has 2 aromatic heterocycles. The van der Waals surface area contributed by atoms with Gasteiger partial charge in [0.15, 0.2) is 0 Å². The van der Waals surface area contributed by atoms with Crippen LogP contribution in [0.15, 0.2) is 40.8 Å². The van der Waals surface area contributed by atoms with E-state index < -0.39 is 11.5 Å². The molecule has 3 rings (SSSR count). The van der Waals surface area contributed by atoms with E-state index in [1.807, 2.05) is 6.92 Å². The summed E-state index contributed by atoms with van der Waals surface area (Å²) in [4.78, 5) is 41.7. The van der Waals surface area contributed by atoms with Crippen molar-refractivity contribution in [2.24, 2.45) is 0 Å². The number of nitrogens with one attached hydrogen (secondary N) is 1. The number of ether oxygens (including phenoxy) is 2. The molecule has 8 nitrogen and oxygen atoms in total. The minimum Gasteiger partial charge on any atom is -0.494 e. The van der Waals surface area contributed by atoms with Crippen LogP contribution in [0.3, 0.4) is 0 Å². The number of benzene rings is 1. The van der Waals surface area contributed by atoms with Crippen LogP contribution < -0.4 is 15.6 Å². The number of rotatable bonds is 7. The Morgan fingerprint density at radius 3 is 2.61 bits per heavy atom. The van der Waals surface area contributed by atoms with Crippen LogP contribution >= 0.6 is 11.3 Å². The number of anilines is 1. The Hall–Kier alpha value is -3.20. The van der Waals surface area contributed by atoms with Crippen molar-refractivity contribution in [1.29, 1.82) is 0 Å². The van der Waals surface area contributed by atoms with Crippen molar-refractivity contribution in [2.45, 2.75) is 20.4 Å². The molecular weight excluding hydrogens is 382 g/mol. The largest absolute Gasteiger partial charge is 0.494 e. The van der Waals surface area contributed by atoms with Crippen molar-refractivity contribution in [2.75, 3.05) is 18.5 Å². The van der Waals surface area contributed by atoms with E-state index in [4.69, 9.17) is 9.47 Å². The standard InChI is InChI=1S/C19H19N3O5S/c1-3-26-13-7-5-12(6-8-13)21-15(23)9-22-11-20-17-16(18(22)24)14(10-28-17)19(25)27-4-2/h5-8,10-11H,3-4,9H2,1-2H3,(H,21,23). The number of carbonyl (C=O) groups is 2. The van der Waals surface area contributed by atoms with Gasteiger partial charge in [0, 0.05) is 11.1 Å². The van der Waals surface area contributed by atoms with Crippen molar-refractivity contribution in [1.82, 2.24) is 9.55 Å². The third-order valence-electron chi connectivity index (χ3n) is 3.82. The maximum atomic E-state index is 12.7. The molecule has 28 heavy (non-hydrogen) atoms. The van der Waals surface area contributed by atoms with Crippen molar-refractivity contribution >= 4 is 39.1 Å². The Kier molecular flexibility index (Phi) is 6.05. The van der Waals surface area contributed by atoms with Crippen LogP contribution in [-0.4, -0.2) is 34.6 Å². The molecule has 0 saturated carbocycles. The highest BCUT2D eigenvalue weighted by Gasteiger charge is 2.19. The molecule has 0 bridgehead atoms. The molecule has 1 N–H and O–H groups in total. The normalized spacial score (nSPS) is 10.6. The summed E-state index contributed by atoms with van der Waals surface area (Å²) in [5.74, 6) is -0.264. The fraction of sp³-hybridized carbons (Fsp3) is 0.263. The topological polar surface area (TPSA) is 99.5 Å². The van der Waals surface area contributed by atoms with E-state index in [1.54, 1.807) is 36.6 Å². The molecule has 1 amide bonds. The van der Waals surface area contributed by atoms with Gasteiger partial charge >= 0.3 is 5.97 Å². The molecule has 146 valence electrons. The summed E-state index contributed by atoms with van der Waals surface area (Å²) in [5.41, 5.74) is 0.287. The SMILES string of the molecule is CCOC(=O)c1csc2ncn(CC(=O)Nc3ccc(OCC)cc3)c(=O)c12. The van der Waals surface area contributed by atoms with E-state index in [0.29, 0.717) is 22.9 Å². The first-order chi connectivity index (χ1) is 13.5. The van der Waals surface area contributed by atoms with Gasteiger partial charge in [-0.15, -0.1) is 11.3 Å². The number of nitrogens with zero attached hydrogens (tertiary/aromatic N) is 2. The maximum Gasteiger partial charge on any atom is 0.339 e. The molecule has 3 aromatic rings. The fourth-order valence-electron chi connectivity index (χ4n) is 2.60. The molecule has 0 fully saturated rings. The van der Waals surface area contributed by atoms with Gasteiger partial charge in [-0.2, -0.15) is 0 Å².